The van der Waals surface area contributed by atoms with Crippen molar-refractivity contribution in [1.29, 1.82) is 0 Å². The predicted octanol–water partition coefficient (Wildman–Crippen LogP) is 2.86. The van der Waals surface area contributed by atoms with Crippen molar-refractivity contribution in [3.8, 4) is 5.75 Å². The molecule has 0 aliphatic heterocycles. The van der Waals surface area contributed by atoms with E-state index in [0.717, 1.165) is 0 Å². The largest absolute Gasteiger partial charge is 0.495 e. The monoisotopic (exact) mass is 410 g/mol. The van der Waals surface area contributed by atoms with Crippen molar-refractivity contribution in [2.75, 3.05) is 12.4 Å². The Morgan fingerprint density at radius 1 is 1.15 bits per heavy atom. The van der Waals surface area contributed by atoms with Crippen LogP contribution in [0.1, 0.15) is 24.2 Å². The van der Waals surface area contributed by atoms with Crippen molar-refractivity contribution >= 4 is 39.0 Å². The van der Waals surface area contributed by atoms with E-state index in [2.05, 4.69) is 10.0 Å². The van der Waals surface area contributed by atoms with Crippen LogP contribution in [0.5, 0.6) is 5.75 Å². The molecule has 9 heteroatoms. The van der Waals surface area contributed by atoms with E-state index in [4.69, 9.17) is 16.3 Å². The van der Waals surface area contributed by atoms with Gasteiger partial charge in [0.05, 0.1) is 13.2 Å². The lowest BCUT2D eigenvalue weighted by Crippen LogP contribution is -2.41. The van der Waals surface area contributed by atoms with Crippen LogP contribution >= 0.6 is 11.6 Å². The molecule has 0 unspecified atom stereocenters. The van der Waals surface area contributed by atoms with E-state index in [1.807, 2.05) is 0 Å². The Balaban J connectivity index is 2.17. The van der Waals surface area contributed by atoms with Crippen molar-refractivity contribution < 1.29 is 22.7 Å². The van der Waals surface area contributed by atoms with Crippen molar-refractivity contribution in [2.24, 2.45) is 0 Å². The Bertz CT molecular complexity index is 975. The van der Waals surface area contributed by atoms with Gasteiger partial charge in [0.15, 0.2) is 5.78 Å². The number of hydrogen-bond acceptors (Lipinski definition) is 5. The van der Waals surface area contributed by atoms with Crippen LogP contribution in [0.2, 0.25) is 5.02 Å². The standard InChI is InChI=1S/C18H19ClN2O5S/c1-11(18(23)20-15-6-4-5-13(9-15)12(2)22)21-27(24,25)17-10-14(19)7-8-16(17)26-3/h4-11,21H,1-3H3,(H,20,23)/t11-/m1/s1. The highest BCUT2D eigenvalue weighted by Gasteiger charge is 2.25. The van der Waals surface area contributed by atoms with Gasteiger partial charge in [-0.25, -0.2) is 8.42 Å². The number of halogens is 1. The molecule has 2 aromatic rings. The van der Waals surface area contributed by atoms with Gasteiger partial charge in [-0.1, -0.05) is 23.7 Å². The minimum absolute atomic E-state index is 0.105. The Morgan fingerprint density at radius 3 is 2.48 bits per heavy atom. The second-order valence-electron chi connectivity index (χ2n) is 5.76. The van der Waals surface area contributed by atoms with Gasteiger partial charge in [0.1, 0.15) is 10.6 Å². The van der Waals surface area contributed by atoms with Gasteiger partial charge in [-0.3, -0.25) is 9.59 Å². The van der Waals surface area contributed by atoms with Crippen molar-refractivity contribution in [1.82, 2.24) is 4.72 Å². The molecule has 2 aromatic carbocycles. The van der Waals surface area contributed by atoms with Crippen LogP contribution in [0.4, 0.5) is 5.69 Å². The topological polar surface area (TPSA) is 102 Å². The number of rotatable bonds is 7. The molecule has 0 spiro atoms. The zero-order chi connectivity index (χ0) is 20.2. The molecule has 0 bridgehead atoms. The molecular weight excluding hydrogens is 392 g/mol. The first-order valence-corrected chi connectivity index (χ1v) is 9.78. The molecule has 144 valence electrons. The first kappa shape index (κ1) is 20.9. The van der Waals surface area contributed by atoms with Gasteiger partial charge in [0.2, 0.25) is 15.9 Å². The highest BCUT2D eigenvalue weighted by Crippen LogP contribution is 2.27. The van der Waals surface area contributed by atoms with Crippen LogP contribution < -0.4 is 14.8 Å². The number of sulfonamides is 1. The van der Waals surface area contributed by atoms with Gasteiger partial charge >= 0.3 is 0 Å². The molecule has 1 amide bonds. The third-order valence-corrected chi connectivity index (χ3v) is 5.47. The SMILES string of the molecule is COc1ccc(Cl)cc1S(=O)(=O)N[C@H](C)C(=O)Nc1cccc(C(C)=O)c1. The first-order chi connectivity index (χ1) is 12.6. The lowest BCUT2D eigenvalue weighted by molar-refractivity contribution is -0.117. The molecule has 0 saturated carbocycles. The van der Waals surface area contributed by atoms with Crippen LogP contribution in [0.25, 0.3) is 0 Å². The van der Waals surface area contributed by atoms with Crippen LogP contribution in [0.3, 0.4) is 0 Å². The van der Waals surface area contributed by atoms with Crippen LogP contribution in [-0.4, -0.2) is 33.3 Å². The van der Waals surface area contributed by atoms with E-state index >= 15 is 0 Å². The summed E-state index contributed by atoms with van der Waals surface area (Å²) in [6, 6.07) is 9.44. The highest BCUT2D eigenvalue weighted by atomic mass is 35.5. The maximum atomic E-state index is 12.6. The molecule has 0 aromatic heterocycles. The number of nitrogens with one attached hydrogen (secondary N) is 2. The zero-order valence-electron chi connectivity index (χ0n) is 14.9. The van der Waals surface area contributed by atoms with Crippen LogP contribution in [-0.2, 0) is 14.8 Å². The molecule has 2 rings (SSSR count). The summed E-state index contributed by atoms with van der Waals surface area (Å²) in [4.78, 5) is 23.6. The number of amides is 1. The first-order valence-electron chi connectivity index (χ1n) is 7.92. The van der Waals surface area contributed by atoms with E-state index in [-0.39, 0.29) is 21.5 Å². The van der Waals surface area contributed by atoms with Gasteiger partial charge in [-0.05, 0) is 44.2 Å². The molecule has 0 aliphatic rings. The Hall–Kier alpha value is -2.42. The van der Waals surface area contributed by atoms with Gasteiger partial charge < -0.3 is 10.1 Å². The number of Topliss-reactive ketones (excluding diaryl/α,β-unsaturated/α-hetero) is 1. The van der Waals surface area contributed by atoms with Gasteiger partial charge in [-0.2, -0.15) is 4.72 Å². The van der Waals surface area contributed by atoms with Crippen molar-refractivity contribution in [3.63, 3.8) is 0 Å². The van der Waals surface area contributed by atoms with E-state index in [1.54, 1.807) is 18.2 Å². The number of methoxy groups -OCH3 is 1. The predicted molar refractivity (Wildman–Crippen MR) is 103 cm³/mol. The van der Waals surface area contributed by atoms with Crippen molar-refractivity contribution in [3.05, 3.63) is 53.1 Å². The summed E-state index contributed by atoms with van der Waals surface area (Å²) in [5, 5.41) is 2.79. The summed E-state index contributed by atoms with van der Waals surface area (Å²) in [5.74, 6) is -0.623. The van der Waals surface area contributed by atoms with Crippen molar-refractivity contribution in [2.45, 2.75) is 24.8 Å². The van der Waals surface area contributed by atoms with Crippen LogP contribution in [0.15, 0.2) is 47.4 Å². The number of hydrogen-bond donors (Lipinski definition) is 2. The molecule has 0 heterocycles. The van der Waals surface area contributed by atoms with E-state index in [9.17, 15) is 18.0 Å². The van der Waals surface area contributed by atoms with E-state index in [1.165, 1.54) is 45.2 Å². The minimum Gasteiger partial charge on any atom is -0.495 e. The Kier molecular flexibility index (Phi) is 6.59. The number of carbonyl (C=O) groups excluding carboxylic acids is 2. The lowest BCUT2D eigenvalue weighted by Gasteiger charge is -2.16. The summed E-state index contributed by atoms with van der Waals surface area (Å²) >= 11 is 5.87. The summed E-state index contributed by atoms with van der Waals surface area (Å²) in [6.07, 6.45) is 0. The molecule has 2 N–H and O–H groups in total. The summed E-state index contributed by atoms with van der Waals surface area (Å²) < 4.78 is 32.5. The fourth-order valence-corrected chi connectivity index (χ4v) is 3.91. The number of ether oxygens (including phenoxy) is 1. The van der Waals surface area contributed by atoms with Gasteiger partial charge in [0, 0.05) is 16.3 Å². The summed E-state index contributed by atoms with van der Waals surface area (Å²) in [7, 11) is -2.72. The Morgan fingerprint density at radius 2 is 1.85 bits per heavy atom. The molecule has 0 fully saturated rings. The third kappa shape index (κ3) is 5.29. The van der Waals surface area contributed by atoms with Gasteiger partial charge in [-0.15, -0.1) is 0 Å². The summed E-state index contributed by atoms with van der Waals surface area (Å²) in [6.45, 7) is 2.81. The average Bonchev–Trinajstić information content (AvgIpc) is 2.61. The molecule has 7 nitrogen and oxygen atoms in total. The number of anilines is 1. The summed E-state index contributed by atoms with van der Waals surface area (Å²) in [5.41, 5.74) is 0.823. The minimum atomic E-state index is -4.06. The fourth-order valence-electron chi connectivity index (χ4n) is 2.28. The molecule has 0 aliphatic carbocycles. The molecule has 0 saturated heterocycles. The van der Waals surface area contributed by atoms with Gasteiger partial charge in [0.25, 0.3) is 0 Å². The normalized spacial score (nSPS) is 12.3. The number of ketones is 1. The molecular formula is C18H19ClN2O5S. The molecule has 27 heavy (non-hydrogen) atoms. The third-order valence-electron chi connectivity index (χ3n) is 3.68. The molecule has 1 atom stereocenters. The number of benzene rings is 2. The quantitative estimate of drug-likeness (QED) is 0.683. The highest BCUT2D eigenvalue weighted by molar-refractivity contribution is 7.89. The maximum Gasteiger partial charge on any atom is 0.245 e. The fraction of sp³-hybridized carbons (Fsp3) is 0.222. The smallest absolute Gasteiger partial charge is 0.245 e. The lowest BCUT2D eigenvalue weighted by atomic mass is 10.1. The maximum absolute atomic E-state index is 12.6. The Labute approximate surface area is 162 Å². The number of carbonyl (C=O) groups is 2. The second kappa shape index (κ2) is 8.51. The zero-order valence-corrected chi connectivity index (χ0v) is 16.5. The average molecular weight is 411 g/mol. The van der Waals surface area contributed by atoms with E-state index in [0.29, 0.717) is 11.3 Å². The van der Waals surface area contributed by atoms with E-state index < -0.39 is 22.0 Å². The second-order valence-corrected chi connectivity index (χ2v) is 7.88. The van der Waals surface area contributed by atoms with Crippen LogP contribution in [0, 0.1) is 0 Å². The molecule has 0 radical (unpaired) electrons.